The van der Waals surface area contributed by atoms with Crippen molar-refractivity contribution in [3.63, 3.8) is 0 Å². The van der Waals surface area contributed by atoms with Gasteiger partial charge in [0.2, 0.25) is 5.13 Å². The monoisotopic (exact) mass is 342 g/mol. The van der Waals surface area contributed by atoms with Gasteiger partial charge in [0.15, 0.2) is 0 Å². The summed E-state index contributed by atoms with van der Waals surface area (Å²) >= 11 is 1.38. The van der Waals surface area contributed by atoms with E-state index in [9.17, 15) is 4.79 Å². The fourth-order valence-electron chi connectivity index (χ4n) is 2.22. The highest BCUT2D eigenvalue weighted by molar-refractivity contribution is 7.15. The van der Waals surface area contributed by atoms with Gasteiger partial charge in [0.1, 0.15) is 5.01 Å². The van der Waals surface area contributed by atoms with Gasteiger partial charge >= 0.3 is 6.03 Å². The lowest BCUT2D eigenvalue weighted by atomic mass is 10.1. The molecule has 0 spiro atoms. The van der Waals surface area contributed by atoms with E-state index in [1.165, 1.54) is 11.3 Å². The van der Waals surface area contributed by atoms with Gasteiger partial charge < -0.3 is 5.32 Å². The molecular formula is C16H18N6OS. The fraction of sp³-hybridized carbons (Fsp3) is 0.250. The second kappa shape index (κ2) is 7.22. The predicted molar refractivity (Wildman–Crippen MR) is 93.4 cm³/mol. The Morgan fingerprint density at radius 2 is 2.21 bits per heavy atom. The number of hydrogen-bond donors (Lipinski definition) is 2. The third kappa shape index (κ3) is 3.77. The van der Waals surface area contributed by atoms with Crippen LogP contribution in [0.15, 0.2) is 42.7 Å². The first kappa shape index (κ1) is 16.1. The summed E-state index contributed by atoms with van der Waals surface area (Å²) in [5.41, 5.74) is 1.94. The molecule has 0 aliphatic rings. The lowest BCUT2D eigenvalue weighted by Gasteiger charge is -2.15. The second-order valence-electron chi connectivity index (χ2n) is 5.22. The molecule has 0 unspecified atom stereocenters. The Kier molecular flexibility index (Phi) is 4.85. The maximum Gasteiger partial charge on any atom is 0.321 e. The quantitative estimate of drug-likeness (QED) is 0.746. The van der Waals surface area contributed by atoms with Crippen LogP contribution in [0.2, 0.25) is 0 Å². The van der Waals surface area contributed by atoms with Crippen LogP contribution in [0.5, 0.6) is 0 Å². The summed E-state index contributed by atoms with van der Waals surface area (Å²) in [4.78, 5) is 12.1. The lowest BCUT2D eigenvalue weighted by molar-refractivity contribution is 0.249. The molecule has 0 fully saturated rings. The molecule has 1 aromatic carbocycles. The van der Waals surface area contributed by atoms with Crippen LogP contribution in [-0.2, 0) is 6.42 Å². The SMILES string of the molecule is CCc1nnc(NC(=O)N[C@H](C)c2cccc(-n3cccn3)c2)s1. The second-order valence-corrected chi connectivity index (χ2v) is 6.28. The van der Waals surface area contributed by atoms with E-state index in [1.54, 1.807) is 10.9 Å². The number of rotatable bonds is 5. The van der Waals surface area contributed by atoms with Crippen LogP contribution in [-0.4, -0.2) is 26.0 Å². The molecule has 0 radical (unpaired) electrons. The zero-order chi connectivity index (χ0) is 16.9. The number of carbonyl (C=O) groups excluding carboxylic acids is 1. The van der Waals surface area contributed by atoms with Crippen molar-refractivity contribution < 1.29 is 4.79 Å². The fourth-order valence-corrected chi connectivity index (χ4v) is 2.89. The normalized spacial score (nSPS) is 11.9. The topological polar surface area (TPSA) is 84.7 Å². The molecule has 124 valence electrons. The van der Waals surface area contributed by atoms with Crippen molar-refractivity contribution in [1.82, 2.24) is 25.3 Å². The van der Waals surface area contributed by atoms with E-state index in [4.69, 9.17) is 0 Å². The van der Waals surface area contributed by atoms with E-state index < -0.39 is 0 Å². The highest BCUT2D eigenvalue weighted by Crippen LogP contribution is 2.18. The van der Waals surface area contributed by atoms with Crippen LogP contribution in [0.4, 0.5) is 9.93 Å². The van der Waals surface area contributed by atoms with E-state index in [2.05, 4.69) is 25.9 Å². The van der Waals surface area contributed by atoms with E-state index >= 15 is 0 Å². The zero-order valence-corrected chi connectivity index (χ0v) is 14.2. The van der Waals surface area contributed by atoms with E-state index in [0.29, 0.717) is 5.13 Å². The molecule has 7 nitrogen and oxygen atoms in total. The molecule has 2 N–H and O–H groups in total. The molecule has 2 aromatic heterocycles. The average Bonchev–Trinajstić information content (AvgIpc) is 3.26. The van der Waals surface area contributed by atoms with Crippen molar-refractivity contribution in [2.24, 2.45) is 0 Å². The molecule has 24 heavy (non-hydrogen) atoms. The Hall–Kier alpha value is -2.74. The highest BCUT2D eigenvalue weighted by Gasteiger charge is 2.12. The predicted octanol–water partition coefficient (Wildman–Crippen LogP) is 3.17. The number of nitrogens with zero attached hydrogens (tertiary/aromatic N) is 4. The van der Waals surface area contributed by atoms with Crippen molar-refractivity contribution in [3.05, 3.63) is 53.3 Å². The molecule has 2 amide bonds. The maximum atomic E-state index is 12.1. The van der Waals surface area contributed by atoms with Gasteiger partial charge in [0, 0.05) is 12.4 Å². The molecule has 0 saturated carbocycles. The van der Waals surface area contributed by atoms with Gasteiger partial charge in [0.25, 0.3) is 0 Å². The molecule has 2 heterocycles. The Morgan fingerprint density at radius 3 is 2.92 bits per heavy atom. The number of amides is 2. The van der Waals surface area contributed by atoms with E-state index in [0.717, 1.165) is 22.7 Å². The van der Waals surface area contributed by atoms with Crippen LogP contribution in [0.25, 0.3) is 5.69 Å². The lowest BCUT2D eigenvalue weighted by Crippen LogP contribution is -2.31. The van der Waals surface area contributed by atoms with Gasteiger partial charge in [-0.3, -0.25) is 5.32 Å². The number of nitrogens with one attached hydrogen (secondary N) is 2. The number of carbonyl (C=O) groups is 1. The molecule has 0 saturated heterocycles. The number of hydrogen-bond acceptors (Lipinski definition) is 5. The first-order valence-corrected chi connectivity index (χ1v) is 8.47. The van der Waals surface area contributed by atoms with Crippen molar-refractivity contribution in [2.45, 2.75) is 26.3 Å². The Morgan fingerprint density at radius 1 is 1.33 bits per heavy atom. The summed E-state index contributed by atoms with van der Waals surface area (Å²) in [6.45, 7) is 3.93. The van der Waals surface area contributed by atoms with Gasteiger partial charge in [-0.1, -0.05) is 30.4 Å². The molecule has 0 bridgehead atoms. The zero-order valence-electron chi connectivity index (χ0n) is 13.4. The molecular weight excluding hydrogens is 324 g/mol. The van der Waals surface area contributed by atoms with Gasteiger partial charge in [-0.05, 0) is 37.1 Å². The van der Waals surface area contributed by atoms with Crippen LogP contribution in [0, 0.1) is 0 Å². The smallest absolute Gasteiger partial charge is 0.321 e. The van der Waals surface area contributed by atoms with Gasteiger partial charge in [0.05, 0.1) is 11.7 Å². The van der Waals surface area contributed by atoms with Crippen molar-refractivity contribution in [1.29, 1.82) is 0 Å². The maximum absolute atomic E-state index is 12.1. The third-order valence-corrected chi connectivity index (χ3v) is 4.46. The van der Waals surface area contributed by atoms with Crippen LogP contribution >= 0.6 is 11.3 Å². The number of benzene rings is 1. The first-order chi connectivity index (χ1) is 11.7. The Bertz CT molecular complexity index is 814. The minimum atomic E-state index is -0.300. The van der Waals surface area contributed by atoms with E-state index in [-0.39, 0.29) is 12.1 Å². The Labute approximate surface area is 143 Å². The highest BCUT2D eigenvalue weighted by atomic mass is 32.1. The summed E-state index contributed by atoms with van der Waals surface area (Å²) in [7, 11) is 0. The molecule has 0 aliphatic heterocycles. The van der Waals surface area contributed by atoms with Gasteiger partial charge in [-0.25, -0.2) is 9.48 Å². The minimum absolute atomic E-state index is 0.154. The largest absolute Gasteiger partial charge is 0.331 e. The molecule has 3 aromatic rings. The number of aryl methyl sites for hydroxylation is 1. The summed E-state index contributed by atoms with van der Waals surface area (Å²) in [6, 6.07) is 9.30. The standard InChI is InChI=1S/C16H18N6OS/c1-3-14-20-21-16(24-14)19-15(23)18-11(2)12-6-4-7-13(10-12)22-9-5-8-17-22/h4-11H,3H2,1-2H3,(H2,18,19,21,23)/t11-/m1/s1. The van der Waals surface area contributed by atoms with Crippen LogP contribution < -0.4 is 10.6 Å². The summed E-state index contributed by atoms with van der Waals surface area (Å²) in [5.74, 6) is 0. The Balaban J connectivity index is 1.65. The number of anilines is 1. The van der Waals surface area contributed by atoms with Crippen molar-refractivity contribution in [2.75, 3.05) is 5.32 Å². The molecule has 3 rings (SSSR count). The van der Waals surface area contributed by atoms with Gasteiger partial charge in [-0.2, -0.15) is 5.10 Å². The van der Waals surface area contributed by atoms with E-state index in [1.807, 2.05) is 50.4 Å². The average molecular weight is 342 g/mol. The summed E-state index contributed by atoms with van der Waals surface area (Å²) in [5, 5.41) is 19.2. The summed E-state index contributed by atoms with van der Waals surface area (Å²) in [6.07, 6.45) is 4.41. The third-order valence-electron chi connectivity index (χ3n) is 3.48. The molecule has 8 heteroatoms. The van der Waals surface area contributed by atoms with Crippen LogP contribution in [0.1, 0.15) is 30.5 Å². The first-order valence-electron chi connectivity index (χ1n) is 7.65. The van der Waals surface area contributed by atoms with Crippen LogP contribution in [0.3, 0.4) is 0 Å². The minimum Gasteiger partial charge on any atom is -0.331 e. The summed E-state index contributed by atoms with van der Waals surface area (Å²) < 4.78 is 1.78. The van der Waals surface area contributed by atoms with Gasteiger partial charge in [-0.15, -0.1) is 10.2 Å². The number of urea groups is 1. The van der Waals surface area contributed by atoms with Crippen molar-refractivity contribution in [3.8, 4) is 5.69 Å². The molecule has 1 atom stereocenters. The van der Waals surface area contributed by atoms with Crippen molar-refractivity contribution >= 4 is 22.5 Å². The number of aromatic nitrogens is 4. The molecule has 0 aliphatic carbocycles.